The van der Waals surface area contributed by atoms with Gasteiger partial charge >= 0.3 is 0 Å². The minimum absolute atomic E-state index is 0.180. The van der Waals surface area contributed by atoms with E-state index in [1.807, 2.05) is 34.8 Å². The van der Waals surface area contributed by atoms with Gasteiger partial charge in [0.25, 0.3) is 0 Å². The summed E-state index contributed by atoms with van der Waals surface area (Å²) < 4.78 is 7.24. The van der Waals surface area contributed by atoms with E-state index in [4.69, 9.17) is 4.74 Å². The number of aromatic nitrogens is 3. The maximum atomic E-state index is 5.42. The first-order chi connectivity index (χ1) is 10.8. The van der Waals surface area contributed by atoms with Gasteiger partial charge in [-0.2, -0.15) is 9.61 Å². The molecule has 3 aromatic rings. The molecule has 0 radical (unpaired) electrons. The summed E-state index contributed by atoms with van der Waals surface area (Å²) in [5.41, 5.74) is 2.85. The van der Waals surface area contributed by atoms with Crippen LogP contribution in [0.4, 0.5) is 5.82 Å². The lowest BCUT2D eigenvalue weighted by molar-refractivity contribution is 0.110. The van der Waals surface area contributed by atoms with Gasteiger partial charge in [-0.1, -0.05) is 37.3 Å². The summed E-state index contributed by atoms with van der Waals surface area (Å²) in [6.45, 7) is 2.85. The summed E-state index contributed by atoms with van der Waals surface area (Å²) in [5, 5.41) is 7.76. The normalized spacial score (nSPS) is 12.5. The molecule has 5 heteroatoms. The highest BCUT2D eigenvalue weighted by Crippen LogP contribution is 2.22. The molecule has 0 fully saturated rings. The second-order valence-electron chi connectivity index (χ2n) is 5.14. The Labute approximate surface area is 130 Å². The molecule has 1 atom stereocenters. The van der Waals surface area contributed by atoms with Gasteiger partial charge in [0, 0.05) is 31.4 Å². The van der Waals surface area contributed by atoms with Crippen LogP contribution >= 0.6 is 0 Å². The molecule has 114 valence electrons. The Balaban J connectivity index is 1.96. The molecule has 0 amide bonds. The molecule has 0 aliphatic carbocycles. The molecule has 0 bridgehead atoms. The van der Waals surface area contributed by atoms with Crippen molar-refractivity contribution in [3.8, 4) is 11.3 Å². The zero-order valence-electron chi connectivity index (χ0n) is 12.9. The van der Waals surface area contributed by atoms with Crippen LogP contribution in [0.15, 0.2) is 48.7 Å². The van der Waals surface area contributed by atoms with Crippen molar-refractivity contribution in [1.82, 2.24) is 14.6 Å². The SMILES string of the molecule is CC[C@@H](CNc1cc(-c2ccccc2)nc2ccnn12)OC. The first-order valence-corrected chi connectivity index (χ1v) is 7.48. The van der Waals surface area contributed by atoms with Crippen LogP contribution in [-0.4, -0.2) is 34.4 Å². The fourth-order valence-electron chi connectivity index (χ4n) is 2.41. The third-order valence-electron chi connectivity index (χ3n) is 3.73. The standard InChI is InChI=1S/C17H20N4O/c1-3-14(22-2)12-18-17-11-15(13-7-5-4-6-8-13)20-16-9-10-19-21(16)17/h4-11,14,18H,3,12H2,1-2H3/t14-/m0/s1. The van der Waals surface area contributed by atoms with Gasteiger partial charge in [-0.25, -0.2) is 4.98 Å². The van der Waals surface area contributed by atoms with Crippen molar-refractivity contribution in [2.24, 2.45) is 0 Å². The monoisotopic (exact) mass is 296 g/mol. The first kappa shape index (κ1) is 14.5. The van der Waals surface area contributed by atoms with Crippen LogP contribution in [0.2, 0.25) is 0 Å². The molecule has 0 unspecified atom stereocenters. The predicted octanol–water partition coefficient (Wildman–Crippen LogP) is 3.23. The quantitative estimate of drug-likeness (QED) is 0.758. The van der Waals surface area contributed by atoms with Gasteiger partial charge in [-0.05, 0) is 6.42 Å². The second-order valence-corrected chi connectivity index (χ2v) is 5.14. The van der Waals surface area contributed by atoms with E-state index >= 15 is 0 Å². The van der Waals surface area contributed by atoms with Crippen LogP contribution in [0.5, 0.6) is 0 Å². The zero-order chi connectivity index (χ0) is 15.4. The number of rotatable bonds is 6. The van der Waals surface area contributed by atoms with Crippen molar-refractivity contribution in [1.29, 1.82) is 0 Å². The van der Waals surface area contributed by atoms with Crippen molar-refractivity contribution in [3.63, 3.8) is 0 Å². The van der Waals surface area contributed by atoms with Gasteiger partial charge < -0.3 is 10.1 Å². The maximum absolute atomic E-state index is 5.42. The number of anilines is 1. The Bertz CT molecular complexity index is 735. The van der Waals surface area contributed by atoms with E-state index in [-0.39, 0.29) is 6.10 Å². The Morgan fingerprint density at radius 1 is 1.23 bits per heavy atom. The second kappa shape index (κ2) is 6.58. The van der Waals surface area contributed by atoms with Crippen molar-refractivity contribution < 1.29 is 4.74 Å². The summed E-state index contributed by atoms with van der Waals surface area (Å²) in [5.74, 6) is 0.921. The van der Waals surface area contributed by atoms with Gasteiger partial charge in [0.15, 0.2) is 5.65 Å². The lowest BCUT2D eigenvalue weighted by Crippen LogP contribution is -2.22. The summed E-state index contributed by atoms with van der Waals surface area (Å²) in [4.78, 5) is 4.66. The molecular formula is C17H20N4O. The van der Waals surface area contributed by atoms with Crippen LogP contribution in [0, 0.1) is 0 Å². The van der Waals surface area contributed by atoms with Crippen LogP contribution < -0.4 is 5.32 Å². The molecule has 0 spiro atoms. The number of hydrogen-bond donors (Lipinski definition) is 1. The highest BCUT2D eigenvalue weighted by atomic mass is 16.5. The highest BCUT2D eigenvalue weighted by Gasteiger charge is 2.10. The number of ether oxygens (including phenoxy) is 1. The third kappa shape index (κ3) is 2.94. The van der Waals surface area contributed by atoms with Crippen molar-refractivity contribution >= 4 is 11.5 Å². The zero-order valence-corrected chi connectivity index (χ0v) is 12.9. The summed E-state index contributed by atoms with van der Waals surface area (Å²) in [6.07, 6.45) is 2.90. The fraction of sp³-hybridized carbons (Fsp3) is 0.294. The Hall–Kier alpha value is -2.40. The minimum atomic E-state index is 0.180. The number of methoxy groups -OCH3 is 1. The van der Waals surface area contributed by atoms with E-state index in [1.54, 1.807) is 13.3 Å². The lowest BCUT2D eigenvalue weighted by Gasteiger charge is -2.16. The molecule has 0 saturated carbocycles. The van der Waals surface area contributed by atoms with E-state index in [1.165, 1.54) is 0 Å². The molecule has 5 nitrogen and oxygen atoms in total. The van der Waals surface area contributed by atoms with Crippen LogP contribution in [0.3, 0.4) is 0 Å². The van der Waals surface area contributed by atoms with Crippen LogP contribution in [0.1, 0.15) is 13.3 Å². The number of nitrogens with zero attached hydrogens (tertiary/aromatic N) is 3. The number of nitrogens with one attached hydrogen (secondary N) is 1. The Morgan fingerprint density at radius 3 is 2.77 bits per heavy atom. The maximum Gasteiger partial charge on any atom is 0.157 e. The Morgan fingerprint density at radius 2 is 2.05 bits per heavy atom. The van der Waals surface area contributed by atoms with E-state index in [2.05, 4.69) is 34.5 Å². The van der Waals surface area contributed by atoms with Crippen LogP contribution in [-0.2, 0) is 4.74 Å². The fourth-order valence-corrected chi connectivity index (χ4v) is 2.41. The third-order valence-corrected chi connectivity index (χ3v) is 3.73. The molecule has 2 aromatic heterocycles. The largest absolute Gasteiger partial charge is 0.380 e. The molecule has 3 rings (SSSR count). The molecule has 0 saturated heterocycles. The topological polar surface area (TPSA) is 51.5 Å². The molecule has 1 N–H and O–H groups in total. The van der Waals surface area contributed by atoms with Crippen molar-refractivity contribution in [2.75, 3.05) is 19.0 Å². The van der Waals surface area contributed by atoms with E-state index in [0.717, 1.165) is 35.7 Å². The summed E-state index contributed by atoms with van der Waals surface area (Å²) in [7, 11) is 1.74. The average molecular weight is 296 g/mol. The molecule has 2 heterocycles. The highest BCUT2D eigenvalue weighted by molar-refractivity contribution is 5.66. The Kier molecular flexibility index (Phi) is 4.34. The molecule has 0 aliphatic rings. The number of fused-ring (bicyclic) bond motifs is 1. The minimum Gasteiger partial charge on any atom is -0.380 e. The smallest absolute Gasteiger partial charge is 0.157 e. The van der Waals surface area contributed by atoms with E-state index in [9.17, 15) is 0 Å². The van der Waals surface area contributed by atoms with E-state index < -0.39 is 0 Å². The predicted molar refractivity (Wildman–Crippen MR) is 88.0 cm³/mol. The lowest BCUT2D eigenvalue weighted by atomic mass is 10.1. The number of hydrogen-bond acceptors (Lipinski definition) is 4. The first-order valence-electron chi connectivity index (χ1n) is 7.48. The van der Waals surface area contributed by atoms with Gasteiger partial charge in [0.1, 0.15) is 5.82 Å². The molecular weight excluding hydrogens is 276 g/mol. The van der Waals surface area contributed by atoms with Crippen molar-refractivity contribution in [3.05, 3.63) is 48.7 Å². The average Bonchev–Trinajstić information content (AvgIpc) is 3.05. The van der Waals surface area contributed by atoms with Gasteiger partial charge in [-0.3, -0.25) is 0 Å². The van der Waals surface area contributed by atoms with E-state index in [0.29, 0.717) is 0 Å². The van der Waals surface area contributed by atoms with Gasteiger partial charge in [0.2, 0.25) is 0 Å². The molecule has 22 heavy (non-hydrogen) atoms. The van der Waals surface area contributed by atoms with Crippen molar-refractivity contribution in [2.45, 2.75) is 19.4 Å². The van der Waals surface area contributed by atoms with Gasteiger partial charge in [-0.15, -0.1) is 0 Å². The van der Waals surface area contributed by atoms with Gasteiger partial charge in [0.05, 0.1) is 18.0 Å². The molecule has 1 aromatic carbocycles. The summed E-state index contributed by atoms with van der Waals surface area (Å²) in [6, 6.07) is 14.1. The number of benzene rings is 1. The molecule has 0 aliphatic heterocycles. The summed E-state index contributed by atoms with van der Waals surface area (Å²) >= 11 is 0. The van der Waals surface area contributed by atoms with Crippen LogP contribution in [0.25, 0.3) is 16.9 Å².